The summed E-state index contributed by atoms with van der Waals surface area (Å²) in [5.74, 6) is 0. The minimum absolute atomic E-state index is 0.764. The molecule has 0 amide bonds. The maximum Gasteiger partial charge on any atom is 0.150 e. The largest absolute Gasteiger partial charge is 0.303 e. The SMILES string of the molecule is CCN(CC)CCN(CCN(CC)CC)Cc1cccc(C=O)c1. The van der Waals surface area contributed by atoms with Gasteiger partial charge in [-0.05, 0) is 37.8 Å². The van der Waals surface area contributed by atoms with E-state index >= 15 is 0 Å². The van der Waals surface area contributed by atoms with E-state index in [-0.39, 0.29) is 0 Å². The average Bonchev–Trinajstić information content (AvgIpc) is 2.63. The molecule has 0 atom stereocenters. The summed E-state index contributed by atoms with van der Waals surface area (Å²) < 4.78 is 0. The predicted octanol–water partition coefficient (Wildman–Crippen LogP) is 2.98. The van der Waals surface area contributed by atoms with Gasteiger partial charge in [-0.3, -0.25) is 9.69 Å². The van der Waals surface area contributed by atoms with Gasteiger partial charge in [-0.1, -0.05) is 45.9 Å². The molecule has 0 heterocycles. The van der Waals surface area contributed by atoms with Crippen LogP contribution in [-0.2, 0) is 6.54 Å². The van der Waals surface area contributed by atoms with Gasteiger partial charge in [0.1, 0.15) is 6.29 Å². The van der Waals surface area contributed by atoms with Crippen molar-refractivity contribution >= 4 is 6.29 Å². The van der Waals surface area contributed by atoms with Crippen LogP contribution in [0.2, 0.25) is 0 Å². The van der Waals surface area contributed by atoms with Crippen molar-refractivity contribution in [3.63, 3.8) is 0 Å². The molecule has 4 nitrogen and oxygen atoms in total. The Kier molecular flexibility index (Phi) is 10.6. The van der Waals surface area contributed by atoms with E-state index in [1.54, 1.807) is 0 Å². The van der Waals surface area contributed by atoms with Gasteiger partial charge in [-0.2, -0.15) is 0 Å². The van der Waals surface area contributed by atoms with Crippen molar-refractivity contribution in [2.45, 2.75) is 34.2 Å². The zero-order chi connectivity index (χ0) is 17.8. The second kappa shape index (κ2) is 12.2. The van der Waals surface area contributed by atoms with E-state index < -0.39 is 0 Å². The number of rotatable bonds is 13. The highest BCUT2D eigenvalue weighted by Gasteiger charge is 2.10. The molecule has 0 aliphatic heterocycles. The van der Waals surface area contributed by atoms with Crippen LogP contribution in [0.3, 0.4) is 0 Å². The fourth-order valence-electron chi connectivity index (χ4n) is 2.94. The van der Waals surface area contributed by atoms with Crippen LogP contribution in [0.5, 0.6) is 0 Å². The van der Waals surface area contributed by atoms with Gasteiger partial charge in [-0.15, -0.1) is 0 Å². The average molecular weight is 334 g/mol. The van der Waals surface area contributed by atoms with Gasteiger partial charge in [0.05, 0.1) is 0 Å². The fourth-order valence-corrected chi connectivity index (χ4v) is 2.94. The third-order valence-electron chi connectivity index (χ3n) is 4.75. The lowest BCUT2D eigenvalue weighted by Gasteiger charge is -2.29. The van der Waals surface area contributed by atoms with Crippen molar-refractivity contribution in [2.75, 3.05) is 52.4 Å². The molecule has 0 unspecified atom stereocenters. The van der Waals surface area contributed by atoms with E-state index in [2.05, 4.69) is 48.5 Å². The number of carbonyl (C=O) groups excluding carboxylic acids is 1. The number of likely N-dealkylation sites (N-methyl/N-ethyl adjacent to an activating group) is 2. The van der Waals surface area contributed by atoms with Crippen LogP contribution < -0.4 is 0 Å². The third kappa shape index (κ3) is 7.56. The van der Waals surface area contributed by atoms with Crippen molar-refractivity contribution < 1.29 is 4.79 Å². The normalized spacial score (nSPS) is 11.6. The molecule has 24 heavy (non-hydrogen) atoms. The van der Waals surface area contributed by atoms with Crippen LogP contribution in [0.1, 0.15) is 43.6 Å². The first kappa shape index (κ1) is 20.8. The Morgan fingerprint density at radius 2 is 1.29 bits per heavy atom. The number of nitrogens with zero attached hydrogens (tertiary/aromatic N) is 3. The highest BCUT2D eigenvalue weighted by Crippen LogP contribution is 2.08. The van der Waals surface area contributed by atoms with Crippen molar-refractivity contribution in [3.05, 3.63) is 35.4 Å². The first-order valence-corrected chi connectivity index (χ1v) is 9.37. The lowest BCUT2D eigenvalue weighted by molar-refractivity contribution is 0.112. The van der Waals surface area contributed by atoms with Gasteiger partial charge >= 0.3 is 0 Å². The zero-order valence-electron chi connectivity index (χ0n) is 16.0. The Balaban J connectivity index is 2.69. The summed E-state index contributed by atoms with van der Waals surface area (Å²) in [4.78, 5) is 18.4. The van der Waals surface area contributed by atoms with Crippen LogP contribution in [0.4, 0.5) is 0 Å². The summed E-state index contributed by atoms with van der Waals surface area (Å²) in [5, 5.41) is 0. The maximum atomic E-state index is 11.0. The molecule has 0 N–H and O–H groups in total. The van der Waals surface area contributed by atoms with Crippen LogP contribution in [0.15, 0.2) is 24.3 Å². The Morgan fingerprint density at radius 1 is 0.792 bits per heavy atom. The van der Waals surface area contributed by atoms with Crippen LogP contribution >= 0.6 is 0 Å². The Bertz CT molecular complexity index is 440. The number of hydrogen-bond donors (Lipinski definition) is 0. The first-order chi connectivity index (χ1) is 11.7. The molecule has 0 saturated heterocycles. The van der Waals surface area contributed by atoms with Crippen molar-refractivity contribution in [2.24, 2.45) is 0 Å². The smallest absolute Gasteiger partial charge is 0.150 e. The molecule has 136 valence electrons. The highest BCUT2D eigenvalue weighted by molar-refractivity contribution is 5.74. The quantitative estimate of drug-likeness (QED) is 0.519. The van der Waals surface area contributed by atoms with E-state index in [0.29, 0.717) is 0 Å². The maximum absolute atomic E-state index is 11.0. The van der Waals surface area contributed by atoms with Crippen LogP contribution in [0.25, 0.3) is 0 Å². The van der Waals surface area contributed by atoms with Gasteiger partial charge in [-0.25, -0.2) is 0 Å². The number of aldehydes is 1. The molecule has 0 saturated carbocycles. The fraction of sp³-hybridized carbons (Fsp3) is 0.650. The molecule has 0 aliphatic carbocycles. The van der Waals surface area contributed by atoms with Crippen LogP contribution in [0, 0.1) is 0 Å². The minimum atomic E-state index is 0.764. The summed E-state index contributed by atoms with van der Waals surface area (Å²) in [6.45, 7) is 18.5. The van der Waals surface area contributed by atoms with Gasteiger partial charge in [0.15, 0.2) is 0 Å². The van der Waals surface area contributed by atoms with E-state index in [9.17, 15) is 4.79 Å². The Morgan fingerprint density at radius 3 is 1.75 bits per heavy atom. The molecule has 1 aromatic rings. The van der Waals surface area contributed by atoms with Crippen LogP contribution in [-0.4, -0.2) is 73.3 Å². The Labute approximate surface area is 148 Å². The molecule has 4 heteroatoms. The van der Waals surface area contributed by atoms with E-state index in [4.69, 9.17) is 0 Å². The second-order valence-corrected chi connectivity index (χ2v) is 6.19. The van der Waals surface area contributed by atoms with Crippen molar-refractivity contribution in [3.8, 4) is 0 Å². The van der Waals surface area contributed by atoms with Gasteiger partial charge < -0.3 is 9.80 Å². The predicted molar refractivity (Wildman–Crippen MR) is 103 cm³/mol. The van der Waals surface area contributed by atoms with E-state index in [1.165, 1.54) is 5.56 Å². The lowest BCUT2D eigenvalue weighted by atomic mass is 10.1. The molecule has 0 bridgehead atoms. The molecule has 0 spiro atoms. The molecular weight excluding hydrogens is 298 g/mol. The third-order valence-corrected chi connectivity index (χ3v) is 4.75. The second-order valence-electron chi connectivity index (χ2n) is 6.19. The minimum Gasteiger partial charge on any atom is -0.303 e. The summed E-state index contributed by atoms with van der Waals surface area (Å²) in [6.07, 6.45) is 0.930. The molecule has 0 aliphatic rings. The first-order valence-electron chi connectivity index (χ1n) is 9.37. The number of carbonyl (C=O) groups is 1. The lowest BCUT2D eigenvalue weighted by Crippen LogP contribution is -2.39. The van der Waals surface area contributed by atoms with Crippen molar-refractivity contribution in [1.29, 1.82) is 0 Å². The van der Waals surface area contributed by atoms with Gasteiger partial charge in [0, 0.05) is 38.3 Å². The highest BCUT2D eigenvalue weighted by atomic mass is 16.1. The van der Waals surface area contributed by atoms with Crippen molar-refractivity contribution in [1.82, 2.24) is 14.7 Å². The zero-order valence-corrected chi connectivity index (χ0v) is 16.0. The Hall–Kier alpha value is -1.23. The van der Waals surface area contributed by atoms with Gasteiger partial charge in [0.2, 0.25) is 0 Å². The summed E-state index contributed by atoms with van der Waals surface area (Å²) in [5.41, 5.74) is 1.98. The standard InChI is InChI=1S/C20H35N3O/c1-5-21(6-2)12-14-23(15-13-22(7-3)8-4)17-19-10-9-11-20(16-19)18-24/h9-11,16,18H,5-8,12-15,17H2,1-4H3. The van der Waals surface area contributed by atoms with E-state index in [0.717, 1.165) is 70.8 Å². The van der Waals surface area contributed by atoms with Gasteiger partial charge in [0.25, 0.3) is 0 Å². The molecule has 1 aromatic carbocycles. The molecular formula is C20H35N3O. The molecule has 0 aromatic heterocycles. The summed E-state index contributed by atoms with van der Waals surface area (Å²) in [6, 6.07) is 7.97. The molecule has 1 rings (SSSR count). The molecule has 0 radical (unpaired) electrons. The summed E-state index contributed by atoms with van der Waals surface area (Å²) >= 11 is 0. The topological polar surface area (TPSA) is 26.8 Å². The monoisotopic (exact) mass is 333 g/mol. The summed E-state index contributed by atoms with van der Waals surface area (Å²) in [7, 11) is 0. The molecule has 0 fully saturated rings. The van der Waals surface area contributed by atoms with E-state index in [1.807, 2.05) is 18.2 Å². The number of benzene rings is 1. The number of hydrogen-bond acceptors (Lipinski definition) is 4.